The summed E-state index contributed by atoms with van der Waals surface area (Å²) in [6.45, 7) is 3.95. The number of carbonyl (C=O) groups is 1. The molecule has 1 aliphatic rings. The van der Waals surface area contributed by atoms with Gasteiger partial charge in [0.15, 0.2) is 5.75 Å². The van der Waals surface area contributed by atoms with Gasteiger partial charge in [0.1, 0.15) is 0 Å². The molecule has 7 nitrogen and oxygen atoms in total. The molecule has 0 radical (unpaired) electrons. The lowest BCUT2D eigenvalue weighted by Gasteiger charge is -2.30. The molecule has 0 spiro atoms. The summed E-state index contributed by atoms with van der Waals surface area (Å²) in [6.07, 6.45) is 1.06. The lowest BCUT2D eigenvalue weighted by molar-refractivity contribution is -0.385. The van der Waals surface area contributed by atoms with Crippen molar-refractivity contribution < 1.29 is 14.5 Å². The number of carbonyl (C=O) groups excluding carboxylic acids is 1. The zero-order valence-electron chi connectivity index (χ0n) is 14.3. The summed E-state index contributed by atoms with van der Waals surface area (Å²) < 4.78 is 4.98. The van der Waals surface area contributed by atoms with Gasteiger partial charge in [-0.15, -0.1) is 24.2 Å². The molecule has 0 saturated carbocycles. The number of benzene rings is 1. The van der Waals surface area contributed by atoms with Gasteiger partial charge in [-0.25, -0.2) is 0 Å². The molecule has 1 aromatic rings. The minimum Gasteiger partial charge on any atom is -0.490 e. The van der Waals surface area contributed by atoms with Crippen molar-refractivity contribution in [1.82, 2.24) is 10.6 Å². The van der Waals surface area contributed by atoms with Crippen LogP contribution in [0.1, 0.15) is 18.9 Å². The maximum Gasteiger partial charge on any atom is 0.311 e. The maximum absolute atomic E-state index is 12.0. The number of nitrogens with one attached hydrogen (secondary N) is 2. The van der Waals surface area contributed by atoms with Crippen molar-refractivity contribution in [2.45, 2.75) is 25.1 Å². The average molecular weight is 390 g/mol. The summed E-state index contributed by atoms with van der Waals surface area (Å²) in [6, 6.07) is 5.04. The van der Waals surface area contributed by atoms with E-state index in [9.17, 15) is 14.9 Å². The first-order chi connectivity index (χ1) is 11.5. The summed E-state index contributed by atoms with van der Waals surface area (Å²) in [4.78, 5) is 22.6. The van der Waals surface area contributed by atoms with Crippen LogP contribution in [0.25, 0.3) is 0 Å². The second-order valence-electron chi connectivity index (χ2n) is 5.90. The smallest absolute Gasteiger partial charge is 0.311 e. The van der Waals surface area contributed by atoms with Crippen LogP contribution < -0.4 is 15.4 Å². The fraction of sp³-hybridized carbons (Fsp3) is 0.562. The van der Waals surface area contributed by atoms with E-state index in [2.05, 4.69) is 17.6 Å². The Morgan fingerprint density at radius 1 is 1.52 bits per heavy atom. The van der Waals surface area contributed by atoms with E-state index in [0.717, 1.165) is 25.1 Å². The minimum absolute atomic E-state index is 0. The quantitative estimate of drug-likeness (QED) is 0.549. The Morgan fingerprint density at radius 3 is 2.92 bits per heavy atom. The standard InChI is InChI=1S/C16H23N3O4S.ClH/c1-11-5-6-17-8-13(11)18-16(20)10-24-9-12-3-4-15(23-2)14(7-12)19(21)22;/h3-4,7,11,13,17H,5-6,8-10H2,1-2H3,(H,18,20);1H. The number of ether oxygens (including phenoxy) is 1. The largest absolute Gasteiger partial charge is 0.490 e. The van der Waals surface area contributed by atoms with Gasteiger partial charge in [0, 0.05) is 24.4 Å². The number of halogens is 1. The molecule has 2 N–H and O–H groups in total. The molecule has 1 aromatic carbocycles. The first-order valence-corrected chi connectivity index (χ1v) is 9.06. The lowest BCUT2D eigenvalue weighted by Crippen LogP contribution is -2.50. The van der Waals surface area contributed by atoms with Crippen LogP contribution in [0.3, 0.4) is 0 Å². The number of methoxy groups -OCH3 is 1. The molecule has 140 valence electrons. The van der Waals surface area contributed by atoms with Crippen molar-refractivity contribution in [2.75, 3.05) is 26.0 Å². The van der Waals surface area contributed by atoms with E-state index in [1.165, 1.54) is 24.9 Å². The van der Waals surface area contributed by atoms with Gasteiger partial charge >= 0.3 is 5.69 Å². The van der Waals surface area contributed by atoms with Crippen molar-refractivity contribution in [1.29, 1.82) is 0 Å². The van der Waals surface area contributed by atoms with Crippen LogP contribution >= 0.6 is 24.2 Å². The molecule has 1 aliphatic heterocycles. The van der Waals surface area contributed by atoms with E-state index in [1.54, 1.807) is 12.1 Å². The number of rotatable bonds is 7. The summed E-state index contributed by atoms with van der Waals surface area (Å²) in [5, 5.41) is 17.4. The number of piperidine rings is 1. The first-order valence-electron chi connectivity index (χ1n) is 7.90. The van der Waals surface area contributed by atoms with Crippen LogP contribution in [-0.2, 0) is 10.5 Å². The normalized spacial score (nSPS) is 19.6. The fourth-order valence-electron chi connectivity index (χ4n) is 2.66. The molecular weight excluding hydrogens is 366 g/mol. The fourth-order valence-corrected chi connectivity index (χ4v) is 3.45. The summed E-state index contributed by atoms with van der Waals surface area (Å²) in [5.74, 6) is 1.60. The minimum atomic E-state index is -0.461. The van der Waals surface area contributed by atoms with Crippen molar-refractivity contribution in [3.8, 4) is 5.75 Å². The highest BCUT2D eigenvalue weighted by Crippen LogP contribution is 2.28. The zero-order valence-corrected chi connectivity index (χ0v) is 16.0. The SMILES string of the molecule is COc1ccc(CSCC(=O)NC2CNCCC2C)cc1[N+](=O)[O-].Cl. The number of nitrogens with zero attached hydrogens (tertiary/aromatic N) is 1. The van der Waals surface area contributed by atoms with Gasteiger partial charge in [-0.2, -0.15) is 0 Å². The van der Waals surface area contributed by atoms with E-state index >= 15 is 0 Å². The van der Waals surface area contributed by atoms with E-state index in [1.807, 2.05) is 0 Å². The average Bonchev–Trinajstić information content (AvgIpc) is 2.56. The van der Waals surface area contributed by atoms with E-state index < -0.39 is 4.92 Å². The van der Waals surface area contributed by atoms with Crippen LogP contribution in [0.15, 0.2) is 18.2 Å². The highest BCUT2D eigenvalue weighted by atomic mass is 35.5. The third-order valence-corrected chi connectivity index (χ3v) is 5.12. The summed E-state index contributed by atoms with van der Waals surface area (Å²) >= 11 is 1.44. The Labute approximate surface area is 157 Å². The molecule has 2 unspecified atom stereocenters. The summed E-state index contributed by atoms with van der Waals surface area (Å²) in [5.41, 5.74) is 0.746. The molecule has 2 atom stereocenters. The Kier molecular flexibility index (Phi) is 9.02. The molecule has 0 aromatic heterocycles. The molecule has 1 amide bonds. The lowest BCUT2D eigenvalue weighted by atomic mass is 9.95. The van der Waals surface area contributed by atoms with E-state index in [-0.39, 0.29) is 35.8 Å². The number of hydrogen-bond donors (Lipinski definition) is 2. The summed E-state index contributed by atoms with van der Waals surface area (Å²) in [7, 11) is 1.40. The molecular formula is C16H24ClN3O4S. The number of amides is 1. The van der Waals surface area contributed by atoms with Gasteiger partial charge in [0.25, 0.3) is 0 Å². The Bertz CT molecular complexity index is 603. The zero-order chi connectivity index (χ0) is 17.5. The van der Waals surface area contributed by atoms with E-state index in [4.69, 9.17) is 4.74 Å². The number of nitro benzene ring substituents is 1. The van der Waals surface area contributed by atoms with Gasteiger partial charge in [-0.3, -0.25) is 14.9 Å². The number of nitro groups is 1. The van der Waals surface area contributed by atoms with Crippen LogP contribution in [0.2, 0.25) is 0 Å². The third kappa shape index (κ3) is 6.37. The van der Waals surface area contributed by atoms with Crippen LogP contribution in [0.5, 0.6) is 5.75 Å². The van der Waals surface area contributed by atoms with Gasteiger partial charge in [0.05, 0.1) is 17.8 Å². The molecule has 9 heteroatoms. The second kappa shape index (κ2) is 10.5. The van der Waals surface area contributed by atoms with Gasteiger partial charge in [-0.1, -0.05) is 13.0 Å². The second-order valence-corrected chi connectivity index (χ2v) is 6.89. The Balaban J connectivity index is 0.00000312. The maximum atomic E-state index is 12.0. The first kappa shape index (κ1) is 21.5. The monoisotopic (exact) mass is 389 g/mol. The third-order valence-electron chi connectivity index (χ3n) is 4.12. The number of thioether (sulfide) groups is 1. The molecule has 1 saturated heterocycles. The van der Waals surface area contributed by atoms with Gasteiger partial charge in [0.2, 0.25) is 5.91 Å². The molecule has 25 heavy (non-hydrogen) atoms. The highest BCUT2D eigenvalue weighted by Gasteiger charge is 2.22. The Morgan fingerprint density at radius 2 is 2.28 bits per heavy atom. The van der Waals surface area contributed by atoms with Crippen LogP contribution in [0.4, 0.5) is 5.69 Å². The van der Waals surface area contributed by atoms with Gasteiger partial charge < -0.3 is 15.4 Å². The molecule has 1 fully saturated rings. The van der Waals surface area contributed by atoms with Crippen molar-refractivity contribution >= 4 is 35.8 Å². The van der Waals surface area contributed by atoms with Crippen LogP contribution in [-0.4, -0.2) is 42.8 Å². The predicted octanol–water partition coefficient (Wildman–Crippen LogP) is 2.37. The van der Waals surface area contributed by atoms with Crippen molar-refractivity contribution in [3.05, 3.63) is 33.9 Å². The Hall–Kier alpha value is -1.51. The molecule has 2 rings (SSSR count). The van der Waals surface area contributed by atoms with Crippen LogP contribution in [0, 0.1) is 16.0 Å². The van der Waals surface area contributed by atoms with E-state index in [0.29, 0.717) is 17.4 Å². The molecule has 0 bridgehead atoms. The van der Waals surface area contributed by atoms with Crippen molar-refractivity contribution in [2.24, 2.45) is 5.92 Å². The predicted molar refractivity (Wildman–Crippen MR) is 102 cm³/mol. The number of hydrogen-bond acceptors (Lipinski definition) is 6. The molecule has 1 heterocycles. The molecule has 0 aliphatic carbocycles. The topological polar surface area (TPSA) is 93.5 Å². The van der Waals surface area contributed by atoms with Crippen molar-refractivity contribution in [3.63, 3.8) is 0 Å². The highest BCUT2D eigenvalue weighted by molar-refractivity contribution is 7.99. The van der Waals surface area contributed by atoms with Gasteiger partial charge in [-0.05, 0) is 30.5 Å².